The third-order valence-electron chi connectivity index (χ3n) is 3.58. The Bertz CT molecular complexity index is 803. The number of carbonyl (C=O) groups is 1. The van der Waals surface area contributed by atoms with Crippen LogP contribution < -0.4 is 11.1 Å². The molecule has 114 valence electrons. The van der Waals surface area contributed by atoms with Gasteiger partial charge in [0.25, 0.3) is 5.91 Å². The number of nitrogens with two attached hydrogens (primary N) is 1. The van der Waals surface area contributed by atoms with Crippen LogP contribution in [0.3, 0.4) is 0 Å². The highest BCUT2D eigenvalue weighted by Gasteiger charge is 2.09. The average Bonchev–Trinajstić information content (AvgIpc) is 3.08. The number of rotatable bonds is 5. The van der Waals surface area contributed by atoms with Crippen LogP contribution in [0.15, 0.2) is 30.3 Å². The maximum Gasteiger partial charge on any atom is 0.269 e. The lowest BCUT2D eigenvalue weighted by Gasteiger charge is -2.04. The molecule has 0 spiro atoms. The van der Waals surface area contributed by atoms with Crippen molar-refractivity contribution in [1.29, 1.82) is 0 Å². The minimum atomic E-state index is -0.200. The maximum atomic E-state index is 11.8. The molecule has 0 saturated heterocycles. The van der Waals surface area contributed by atoms with Gasteiger partial charge >= 0.3 is 0 Å². The van der Waals surface area contributed by atoms with Crippen LogP contribution in [0.2, 0.25) is 0 Å². The third kappa shape index (κ3) is 2.78. The van der Waals surface area contributed by atoms with Gasteiger partial charge in [0.15, 0.2) is 0 Å². The van der Waals surface area contributed by atoms with Gasteiger partial charge in [-0.25, -0.2) is 4.98 Å². The van der Waals surface area contributed by atoms with Gasteiger partial charge in [-0.15, -0.1) is 0 Å². The lowest BCUT2D eigenvalue weighted by Crippen LogP contribution is -2.25. The smallest absolute Gasteiger partial charge is 0.269 e. The fraction of sp³-hybridized carbons (Fsp3) is 0.267. The number of H-pyrrole nitrogens is 1. The summed E-state index contributed by atoms with van der Waals surface area (Å²) in [7, 11) is 2.01. The number of imidazole rings is 1. The van der Waals surface area contributed by atoms with Crippen LogP contribution >= 0.6 is 0 Å². The Morgan fingerprint density at radius 2 is 2.23 bits per heavy atom. The highest BCUT2D eigenvalue weighted by Crippen LogP contribution is 2.15. The second kappa shape index (κ2) is 5.88. The van der Waals surface area contributed by atoms with E-state index < -0.39 is 0 Å². The summed E-state index contributed by atoms with van der Waals surface area (Å²) in [5.74, 6) is 1.13. The van der Waals surface area contributed by atoms with Gasteiger partial charge in [-0.2, -0.15) is 5.10 Å². The number of amides is 1. The minimum Gasteiger partial charge on any atom is -0.382 e. The predicted molar refractivity (Wildman–Crippen MR) is 84.4 cm³/mol. The van der Waals surface area contributed by atoms with E-state index in [1.165, 1.54) is 6.07 Å². The minimum absolute atomic E-state index is 0.200. The summed E-state index contributed by atoms with van der Waals surface area (Å²) in [6.07, 6.45) is 1.61. The van der Waals surface area contributed by atoms with Crippen molar-refractivity contribution in [1.82, 2.24) is 25.1 Å². The molecule has 3 rings (SSSR count). The zero-order valence-electron chi connectivity index (χ0n) is 12.3. The van der Waals surface area contributed by atoms with E-state index in [1.807, 2.05) is 25.2 Å². The summed E-state index contributed by atoms with van der Waals surface area (Å²) < 4.78 is 2.09. The molecule has 0 aliphatic rings. The Hall–Kier alpha value is -2.83. The lowest BCUT2D eigenvalue weighted by molar-refractivity contribution is 0.0948. The number of carbonyl (C=O) groups excluding carboxylic acids is 1. The van der Waals surface area contributed by atoms with E-state index in [0.29, 0.717) is 18.1 Å². The number of nitrogens with zero attached hydrogens (tertiary/aromatic N) is 3. The molecule has 7 nitrogen and oxygen atoms in total. The quantitative estimate of drug-likeness (QED) is 0.617. The number of anilines is 1. The molecule has 0 radical (unpaired) electrons. The molecule has 0 aliphatic carbocycles. The first-order valence-electron chi connectivity index (χ1n) is 7.14. The largest absolute Gasteiger partial charge is 0.382 e. The van der Waals surface area contributed by atoms with Crippen LogP contribution in [0.5, 0.6) is 0 Å². The summed E-state index contributed by atoms with van der Waals surface area (Å²) in [4.78, 5) is 16.4. The molecular weight excluding hydrogens is 280 g/mol. The van der Waals surface area contributed by atoms with Crippen LogP contribution in [-0.4, -0.2) is 32.2 Å². The number of nitrogen functional groups attached to an aromatic ring is 1. The van der Waals surface area contributed by atoms with E-state index in [0.717, 1.165) is 29.7 Å². The molecule has 2 aromatic heterocycles. The Kier molecular flexibility index (Phi) is 3.78. The van der Waals surface area contributed by atoms with Crippen molar-refractivity contribution in [2.45, 2.75) is 12.8 Å². The van der Waals surface area contributed by atoms with Crippen molar-refractivity contribution in [3.05, 3.63) is 41.9 Å². The number of fused-ring (bicyclic) bond motifs is 1. The van der Waals surface area contributed by atoms with Gasteiger partial charge in [-0.1, -0.05) is 12.1 Å². The number of aryl methyl sites for hydroxylation is 2. The topological polar surface area (TPSA) is 102 Å². The fourth-order valence-corrected chi connectivity index (χ4v) is 2.42. The monoisotopic (exact) mass is 298 g/mol. The van der Waals surface area contributed by atoms with E-state index >= 15 is 0 Å². The molecule has 0 saturated carbocycles. The van der Waals surface area contributed by atoms with Crippen LogP contribution in [0, 0.1) is 0 Å². The van der Waals surface area contributed by atoms with Crippen LogP contribution in [0.25, 0.3) is 11.0 Å². The predicted octanol–water partition coefficient (Wildman–Crippen LogP) is 1.24. The summed E-state index contributed by atoms with van der Waals surface area (Å²) in [6.45, 7) is 0.570. The van der Waals surface area contributed by atoms with Crippen molar-refractivity contribution in [3.63, 3.8) is 0 Å². The molecule has 0 fully saturated rings. The Morgan fingerprint density at radius 1 is 1.41 bits per heavy atom. The third-order valence-corrected chi connectivity index (χ3v) is 3.58. The first-order valence-corrected chi connectivity index (χ1v) is 7.14. The standard InChI is InChI=1S/C15H18N6O/c1-21-12-6-3-2-5-10(12)18-14(21)7-4-8-17-15(22)11-9-13(16)20-19-11/h2-3,5-6,9H,4,7-8H2,1H3,(H,17,22)(H3,16,19,20). The number of aromatic amines is 1. The zero-order chi connectivity index (χ0) is 15.5. The first kappa shape index (κ1) is 14.1. The molecule has 22 heavy (non-hydrogen) atoms. The number of benzene rings is 1. The Morgan fingerprint density at radius 3 is 2.95 bits per heavy atom. The fourth-order valence-electron chi connectivity index (χ4n) is 2.42. The van der Waals surface area contributed by atoms with Gasteiger partial charge < -0.3 is 15.6 Å². The molecule has 1 amide bonds. The van der Waals surface area contributed by atoms with Gasteiger partial charge in [-0.05, 0) is 18.6 Å². The molecule has 0 aliphatic heterocycles. The van der Waals surface area contributed by atoms with Crippen molar-refractivity contribution in [2.75, 3.05) is 12.3 Å². The van der Waals surface area contributed by atoms with Gasteiger partial charge in [0.2, 0.25) is 0 Å². The highest BCUT2D eigenvalue weighted by atomic mass is 16.1. The van der Waals surface area contributed by atoms with Crippen LogP contribution in [0.4, 0.5) is 5.82 Å². The van der Waals surface area contributed by atoms with Gasteiger partial charge in [-0.3, -0.25) is 9.89 Å². The Labute approximate surface area is 127 Å². The molecule has 2 heterocycles. The molecule has 0 unspecified atom stereocenters. The summed E-state index contributed by atoms with van der Waals surface area (Å²) >= 11 is 0. The second-order valence-corrected chi connectivity index (χ2v) is 5.14. The first-order chi connectivity index (χ1) is 10.6. The van der Waals surface area contributed by atoms with Crippen molar-refractivity contribution in [2.24, 2.45) is 7.05 Å². The molecule has 4 N–H and O–H groups in total. The van der Waals surface area contributed by atoms with Crippen molar-refractivity contribution < 1.29 is 4.79 Å². The molecule has 3 aromatic rings. The molecule has 0 bridgehead atoms. The van der Waals surface area contributed by atoms with E-state index in [2.05, 4.69) is 31.1 Å². The molecule has 1 aromatic carbocycles. The number of para-hydroxylation sites is 2. The molecular formula is C15H18N6O. The average molecular weight is 298 g/mol. The summed E-state index contributed by atoms with van der Waals surface area (Å²) in [5, 5.41) is 9.15. The number of hydrogen-bond donors (Lipinski definition) is 3. The second-order valence-electron chi connectivity index (χ2n) is 5.14. The normalized spacial score (nSPS) is 11.0. The number of nitrogens with one attached hydrogen (secondary N) is 2. The molecule has 7 heteroatoms. The maximum absolute atomic E-state index is 11.8. The van der Waals surface area contributed by atoms with Gasteiger partial charge in [0.1, 0.15) is 17.3 Å². The summed E-state index contributed by atoms with van der Waals surface area (Å²) in [6, 6.07) is 9.56. The van der Waals surface area contributed by atoms with Crippen LogP contribution in [0.1, 0.15) is 22.7 Å². The van der Waals surface area contributed by atoms with E-state index in [-0.39, 0.29) is 5.91 Å². The lowest BCUT2D eigenvalue weighted by atomic mass is 10.3. The highest BCUT2D eigenvalue weighted by molar-refractivity contribution is 5.92. The number of hydrogen-bond acceptors (Lipinski definition) is 4. The Balaban J connectivity index is 1.54. The van der Waals surface area contributed by atoms with E-state index in [4.69, 9.17) is 5.73 Å². The summed E-state index contributed by atoms with van der Waals surface area (Å²) in [5.41, 5.74) is 7.96. The van der Waals surface area contributed by atoms with Crippen molar-refractivity contribution in [3.8, 4) is 0 Å². The van der Waals surface area contributed by atoms with Gasteiger partial charge in [0.05, 0.1) is 11.0 Å². The van der Waals surface area contributed by atoms with E-state index in [1.54, 1.807) is 0 Å². The zero-order valence-corrected chi connectivity index (χ0v) is 12.3. The van der Waals surface area contributed by atoms with Crippen LogP contribution in [-0.2, 0) is 13.5 Å². The van der Waals surface area contributed by atoms with Gasteiger partial charge in [0, 0.05) is 26.1 Å². The molecule has 0 atom stereocenters. The van der Waals surface area contributed by atoms with E-state index in [9.17, 15) is 4.79 Å². The van der Waals surface area contributed by atoms with Crippen molar-refractivity contribution >= 4 is 22.8 Å². The number of aromatic nitrogens is 4. The SMILES string of the molecule is Cn1c(CCCNC(=O)c2cc(N)n[nH]2)nc2ccccc21.